The predicted octanol–water partition coefficient (Wildman–Crippen LogP) is 3.26. The monoisotopic (exact) mass is 295 g/mol. The second kappa shape index (κ2) is 10.4. The number of carbonyl (C=O) groups is 1. The van der Waals surface area contributed by atoms with E-state index in [1.54, 1.807) is 0 Å². The highest BCUT2D eigenvalue weighted by molar-refractivity contribution is 5.69. The summed E-state index contributed by atoms with van der Waals surface area (Å²) in [5.74, 6) is -0.131. The van der Waals surface area contributed by atoms with Crippen LogP contribution in [0, 0.1) is 0 Å². The second-order valence-corrected chi connectivity index (χ2v) is 5.66. The summed E-state index contributed by atoms with van der Waals surface area (Å²) >= 11 is 0. The first-order valence-corrected chi connectivity index (χ1v) is 8.36. The van der Waals surface area contributed by atoms with Gasteiger partial charge in [-0.1, -0.05) is 26.7 Å². The Morgan fingerprint density at radius 3 is 2.57 bits per heavy atom. The number of rotatable bonds is 11. The topological polar surface area (TPSA) is 35.1 Å². The fourth-order valence-electron chi connectivity index (χ4n) is 2.49. The summed E-state index contributed by atoms with van der Waals surface area (Å²) < 4.78 is 9.32. The van der Waals surface area contributed by atoms with Gasteiger partial charge in [0.15, 0.2) is 0 Å². The van der Waals surface area contributed by atoms with Crippen molar-refractivity contribution in [2.45, 2.75) is 78.3 Å². The molecule has 1 aromatic rings. The number of ether oxygens (including phenoxy) is 1. The minimum Gasteiger partial charge on any atom is -0.469 e. The van der Waals surface area contributed by atoms with Gasteiger partial charge in [0.2, 0.25) is 6.33 Å². The minimum absolute atomic E-state index is 0.131. The lowest BCUT2D eigenvalue weighted by molar-refractivity contribution is -0.703. The highest BCUT2D eigenvalue weighted by Crippen LogP contribution is 2.05. The number of imidazole rings is 1. The van der Waals surface area contributed by atoms with E-state index in [9.17, 15) is 4.79 Å². The Kier molecular flexibility index (Phi) is 8.79. The van der Waals surface area contributed by atoms with E-state index in [4.69, 9.17) is 4.74 Å². The average molecular weight is 295 g/mol. The molecule has 0 radical (unpaired) electrons. The molecule has 0 aliphatic rings. The number of methoxy groups -OCH3 is 1. The maximum Gasteiger partial charge on any atom is 0.305 e. The third-order valence-electron chi connectivity index (χ3n) is 3.81. The molecule has 0 amide bonds. The Balaban J connectivity index is 2.63. The molecular weight excluding hydrogens is 264 g/mol. The fraction of sp³-hybridized carbons (Fsp3) is 0.765. The first-order chi connectivity index (χ1) is 10.2. The largest absolute Gasteiger partial charge is 0.469 e. The van der Waals surface area contributed by atoms with Gasteiger partial charge in [0.25, 0.3) is 0 Å². The van der Waals surface area contributed by atoms with Crippen LogP contribution in [0.15, 0.2) is 12.5 Å². The number of hydrogen-bond acceptors (Lipinski definition) is 2. The molecule has 0 fully saturated rings. The average Bonchev–Trinajstić information content (AvgIpc) is 2.87. The smallest absolute Gasteiger partial charge is 0.305 e. The Hall–Kier alpha value is -1.32. The van der Waals surface area contributed by atoms with Gasteiger partial charge in [-0.05, 0) is 25.7 Å². The summed E-state index contributed by atoms with van der Waals surface area (Å²) in [6.07, 6.45) is 13.0. The zero-order valence-electron chi connectivity index (χ0n) is 13.9. The van der Waals surface area contributed by atoms with Crippen molar-refractivity contribution >= 4 is 5.97 Å². The van der Waals surface area contributed by atoms with Crippen molar-refractivity contribution in [2.24, 2.45) is 0 Å². The molecule has 120 valence electrons. The zero-order valence-corrected chi connectivity index (χ0v) is 13.9. The number of aryl methyl sites for hydroxylation is 3. The lowest BCUT2D eigenvalue weighted by Crippen LogP contribution is -2.36. The molecule has 0 aliphatic carbocycles. The van der Waals surface area contributed by atoms with E-state index >= 15 is 0 Å². The lowest BCUT2D eigenvalue weighted by Gasteiger charge is -2.01. The van der Waals surface area contributed by atoms with E-state index in [1.807, 2.05) is 0 Å². The van der Waals surface area contributed by atoms with Crippen molar-refractivity contribution in [1.29, 1.82) is 0 Å². The Morgan fingerprint density at radius 1 is 1.19 bits per heavy atom. The molecule has 4 heteroatoms. The quantitative estimate of drug-likeness (QED) is 0.357. The van der Waals surface area contributed by atoms with Crippen LogP contribution in [0.1, 0.15) is 64.5 Å². The first kappa shape index (κ1) is 17.7. The summed E-state index contributed by atoms with van der Waals surface area (Å²) in [6, 6.07) is 0. The van der Waals surface area contributed by atoms with Crippen LogP contribution in [0.25, 0.3) is 0 Å². The summed E-state index contributed by atoms with van der Waals surface area (Å²) in [4.78, 5) is 11.3. The number of carbonyl (C=O) groups excluding carboxylic acids is 1. The number of hydrogen-bond donors (Lipinski definition) is 0. The van der Waals surface area contributed by atoms with Crippen LogP contribution in [0.2, 0.25) is 0 Å². The predicted molar refractivity (Wildman–Crippen MR) is 84.0 cm³/mol. The maximum atomic E-state index is 11.3. The number of aromatic nitrogens is 2. The van der Waals surface area contributed by atoms with Gasteiger partial charge in [-0.2, -0.15) is 0 Å². The third-order valence-corrected chi connectivity index (χ3v) is 3.81. The maximum absolute atomic E-state index is 11.3. The molecule has 0 aromatic carbocycles. The molecule has 0 saturated heterocycles. The van der Waals surface area contributed by atoms with E-state index in [-0.39, 0.29) is 5.97 Å². The van der Waals surface area contributed by atoms with Gasteiger partial charge in [0.05, 0.1) is 26.6 Å². The number of nitrogens with zero attached hydrogens (tertiary/aromatic N) is 2. The molecule has 0 saturated carbocycles. The molecule has 4 nitrogen and oxygen atoms in total. The van der Waals surface area contributed by atoms with Crippen molar-refractivity contribution in [3.63, 3.8) is 0 Å². The van der Waals surface area contributed by atoms with Crippen LogP contribution < -0.4 is 4.57 Å². The van der Waals surface area contributed by atoms with Crippen LogP contribution >= 0.6 is 0 Å². The van der Waals surface area contributed by atoms with Gasteiger partial charge in [-0.25, -0.2) is 9.13 Å². The number of unbranched alkanes of at least 4 members (excludes halogenated alkanes) is 4. The summed E-state index contributed by atoms with van der Waals surface area (Å²) in [6.45, 7) is 6.56. The summed E-state index contributed by atoms with van der Waals surface area (Å²) in [7, 11) is 1.45. The van der Waals surface area contributed by atoms with Crippen LogP contribution in [0.5, 0.6) is 0 Å². The summed E-state index contributed by atoms with van der Waals surface area (Å²) in [5, 5.41) is 0. The van der Waals surface area contributed by atoms with Gasteiger partial charge in [-0.15, -0.1) is 0 Å². The Labute approximate surface area is 129 Å². The SMILES string of the molecule is CCCCCn1cc(CCC(=O)OC)[n+](CCCCC)c1. The van der Waals surface area contributed by atoms with Crippen molar-refractivity contribution in [2.75, 3.05) is 7.11 Å². The zero-order chi connectivity index (χ0) is 15.5. The molecule has 0 spiro atoms. The minimum atomic E-state index is -0.131. The van der Waals surface area contributed by atoms with E-state index in [0.29, 0.717) is 6.42 Å². The first-order valence-electron chi connectivity index (χ1n) is 8.36. The fourth-order valence-corrected chi connectivity index (χ4v) is 2.49. The molecule has 21 heavy (non-hydrogen) atoms. The molecule has 1 rings (SSSR count). The Morgan fingerprint density at radius 2 is 1.90 bits per heavy atom. The van der Waals surface area contributed by atoms with Crippen LogP contribution in [0.4, 0.5) is 0 Å². The van der Waals surface area contributed by atoms with Gasteiger partial charge in [0.1, 0.15) is 11.9 Å². The Bertz CT molecular complexity index is 413. The van der Waals surface area contributed by atoms with Crippen LogP contribution in [-0.4, -0.2) is 17.6 Å². The van der Waals surface area contributed by atoms with Crippen LogP contribution in [0.3, 0.4) is 0 Å². The van der Waals surface area contributed by atoms with E-state index < -0.39 is 0 Å². The van der Waals surface area contributed by atoms with Gasteiger partial charge in [-0.3, -0.25) is 4.79 Å². The normalized spacial score (nSPS) is 10.8. The molecule has 0 atom stereocenters. The molecule has 0 bridgehead atoms. The van der Waals surface area contributed by atoms with Crippen molar-refractivity contribution in [3.8, 4) is 0 Å². The molecule has 0 unspecified atom stereocenters. The highest BCUT2D eigenvalue weighted by atomic mass is 16.5. The second-order valence-electron chi connectivity index (χ2n) is 5.66. The molecule has 0 N–H and O–H groups in total. The molecule has 1 heterocycles. The van der Waals surface area contributed by atoms with E-state index in [1.165, 1.54) is 51.3 Å². The highest BCUT2D eigenvalue weighted by Gasteiger charge is 2.14. The lowest BCUT2D eigenvalue weighted by atomic mass is 10.2. The standard InChI is InChI=1S/C17H31N2O2/c1-4-6-8-12-18-14-16(10-11-17(20)21-3)19(15-18)13-9-7-5-2/h14-15H,4-13H2,1-3H3/q+1. The third kappa shape index (κ3) is 6.78. The van der Waals surface area contributed by atoms with Gasteiger partial charge in [0, 0.05) is 6.42 Å². The van der Waals surface area contributed by atoms with Crippen molar-refractivity contribution < 1.29 is 14.1 Å². The molecular formula is C17H31N2O2+. The molecule has 0 aliphatic heterocycles. The van der Waals surface area contributed by atoms with Crippen molar-refractivity contribution in [1.82, 2.24) is 4.57 Å². The van der Waals surface area contributed by atoms with Crippen LogP contribution in [-0.2, 0) is 29.0 Å². The van der Waals surface area contributed by atoms with Crippen molar-refractivity contribution in [3.05, 3.63) is 18.2 Å². The number of esters is 1. The van der Waals surface area contributed by atoms with Gasteiger partial charge < -0.3 is 4.74 Å². The van der Waals surface area contributed by atoms with E-state index in [2.05, 4.69) is 35.5 Å². The van der Waals surface area contributed by atoms with Gasteiger partial charge >= 0.3 is 5.97 Å². The van der Waals surface area contributed by atoms with E-state index in [0.717, 1.165) is 19.5 Å². The molecule has 1 aromatic heterocycles. The summed E-state index contributed by atoms with van der Waals surface area (Å²) in [5.41, 5.74) is 1.24.